The molecule has 1 aromatic rings. The van der Waals surface area contributed by atoms with Gasteiger partial charge in [0.25, 0.3) is 15.0 Å². The molecule has 5 nitrogen and oxygen atoms in total. The molecule has 0 spiro atoms. The molecule has 0 aliphatic heterocycles. The highest BCUT2D eigenvalue weighted by molar-refractivity contribution is 9.10. The van der Waals surface area contributed by atoms with Gasteiger partial charge in [-0.25, -0.2) is 8.42 Å². The van der Waals surface area contributed by atoms with E-state index in [9.17, 15) is 13.2 Å². The van der Waals surface area contributed by atoms with Crippen molar-refractivity contribution in [1.29, 1.82) is 0 Å². The zero-order chi connectivity index (χ0) is 15.9. The van der Waals surface area contributed by atoms with Crippen LogP contribution in [0.25, 0.3) is 0 Å². The minimum absolute atomic E-state index is 0.122. The summed E-state index contributed by atoms with van der Waals surface area (Å²) < 4.78 is 28.4. The smallest absolute Gasteiger partial charge is 0.261 e. The zero-order valence-corrected chi connectivity index (χ0v) is 14.7. The molecule has 1 rings (SSSR count). The minimum Gasteiger partial charge on any atom is -0.380 e. The van der Waals surface area contributed by atoms with E-state index in [2.05, 4.69) is 28.2 Å². The quantitative estimate of drug-likeness (QED) is 0.540. The van der Waals surface area contributed by atoms with E-state index >= 15 is 0 Å². The fourth-order valence-electron chi connectivity index (χ4n) is 1.52. The molecule has 0 aromatic heterocycles. The van der Waals surface area contributed by atoms with Crippen LogP contribution in [0.1, 0.15) is 30.1 Å². The summed E-state index contributed by atoms with van der Waals surface area (Å²) >= 11 is 3.16. The van der Waals surface area contributed by atoms with Crippen LogP contribution in [0.4, 0.5) is 0 Å². The van der Waals surface area contributed by atoms with Crippen LogP contribution in [0.15, 0.2) is 27.6 Å². The summed E-state index contributed by atoms with van der Waals surface area (Å²) in [6.45, 7) is 3.51. The van der Waals surface area contributed by atoms with Crippen LogP contribution in [0.3, 0.4) is 0 Å². The third-order valence-corrected chi connectivity index (χ3v) is 4.38. The molecular weight excluding hydrogens is 382 g/mol. The second-order valence-electron chi connectivity index (χ2n) is 4.34. The number of carbonyl (C=O) groups excluding carboxylic acids is 1. The fourth-order valence-corrected chi connectivity index (χ4v) is 2.97. The molecular formula is C13H17BrClNO4S. The van der Waals surface area contributed by atoms with E-state index in [1.165, 1.54) is 18.2 Å². The van der Waals surface area contributed by atoms with Gasteiger partial charge in [0.2, 0.25) is 0 Å². The maximum atomic E-state index is 11.9. The average molecular weight is 399 g/mol. The van der Waals surface area contributed by atoms with Crippen molar-refractivity contribution in [2.24, 2.45) is 0 Å². The topological polar surface area (TPSA) is 72.5 Å². The maximum Gasteiger partial charge on any atom is 0.261 e. The van der Waals surface area contributed by atoms with Crippen LogP contribution in [0.2, 0.25) is 0 Å². The normalized spacial score (nSPS) is 11.4. The number of nitrogens with one attached hydrogen (secondary N) is 1. The Balaban J connectivity index is 2.60. The van der Waals surface area contributed by atoms with Crippen LogP contribution in [-0.2, 0) is 13.8 Å². The van der Waals surface area contributed by atoms with E-state index in [-0.39, 0.29) is 16.4 Å². The van der Waals surface area contributed by atoms with Crippen molar-refractivity contribution in [2.75, 3.05) is 19.8 Å². The van der Waals surface area contributed by atoms with E-state index in [1.807, 2.05) is 0 Å². The SMILES string of the molecule is CCCCOCCNC(=O)c1cc(Br)cc(S(=O)(=O)Cl)c1. The molecule has 1 aromatic carbocycles. The van der Waals surface area contributed by atoms with Gasteiger partial charge >= 0.3 is 0 Å². The lowest BCUT2D eigenvalue weighted by Gasteiger charge is -2.07. The van der Waals surface area contributed by atoms with Crippen molar-refractivity contribution in [3.8, 4) is 0 Å². The Morgan fingerprint density at radius 3 is 2.67 bits per heavy atom. The molecule has 0 unspecified atom stereocenters. The number of hydrogen-bond donors (Lipinski definition) is 1. The Kier molecular flexibility index (Phi) is 7.65. The molecule has 0 atom stereocenters. The standard InChI is InChI=1S/C13H17BrClNO4S/c1-2-3-5-20-6-4-16-13(17)10-7-11(14)9-12(8-10)21(15,18)19/h7-9H,2-6H2,1H3,(H,16,17). The van der Waals surface area contributed by atoms with Crippen LogP contribution < -0.4 is 5.32 Å². The molecule has 118 valence electrons. The first kappa shape index (κ1) is 18.4. The Hall–Kier alpha value is -0.630. The van der Waals surface area contributed by atoms with Crippen molar-refractivity contribution < 1.29 is 17.9 Å². The Bertz CT molecular complexity index is 592. The molecule has 0 fully saturated rings. The summed E-state index contributed by atoms with van der Waals surface area (Å²) in [4.78, 5) is 11.8. The number of benzene rings is 1. The maximum absolute atomic E-state index is 11.9. The number of halogens is 2. The molecule has 0 saturated heterocycles. The summed E-state index contributed by atoms with van der Waals surface area (Å²) in [5.41, 5.74) is 0.220. The van der Waals surface area contributed by atoms with Crippen LogP contribution in [0.5, 0.6) is 0 Å². The Morgan fingerprint density at radius 2 is 2.05 bits per heavy atom. The predicted molar refractivity (Wildman–Crippen MR) is 85.2 cm³/mol. The van der Waals surface area contributed by atoms with Gasteiger partial charge in [0.15, 0.2) is 0 Å². The molecule has 8 heteroatoms. The van der Waals surface area contributed by atoms with Crippen molar-refractivity contribution in [1.82, 2.24) is 5.32 Å². The summed E-state index contributed by atoms with van der Waals surface area (Å²) in [5.74, 6) is -0.378. The number of amides is 1. The number of rotatable bonds is 8. The van der Waals surface area contributed by atoms with Gasteiger partial charge < -0.3 is 10.1 Å². The molecule has 0 heterocycles. The van der Waals surface area contributed by atoms with E-state index in [1.54, 1.807) is 0 Å². The van der Waals surface area contributed by atoms with Crippen molar-refractivity contribution in [3.05, 3.63) is 28.2 Å². The summed E-state index contributed by atoms with van der Waals surface area (Å²) in [6, 6.07) is 4.10. The lowest BCUT2D eigenvalue weighted by atomic mass is 10.2. The fraction of sp³-hybridized carbons (Fsp3) is 0.462. The number of ether oxygens (including phenoxy) is 1. The zero-order valence-electron chi connectivity index (χ0n) is 11.6. The van der Waals surface area contributed by atoms with E-state index in [0.717, 1.165) is 12.8 Å². The van der Waals surface area contributed by atoms with Gasteiger partial charge in [0, 0.05) is 33.9 Å². The Labute approximate surface area is 137 Å². The van der Waals surface area contributed by atoms with Gasteiger partial charge in [-0.2, -0.15) is 0 Å². The van der Waals surface area contributed by atoms with Gasteiger partial charge in [-0.15, -0.1) is 0 Å². The van der Waals surface area contributed by atoms with Crippen molar-refractivity contribution in [2.45, 2.75) is 24.7 Å². The summed E-state index contributed by atoms with van der Waals surface area (Å²) in [7, 11) is 1.40. The molecule has 0 aliphatic carbocycles. The monoisotopic (exact) mass is 397 g/mol. The molecule has 21 heavy (non-hydrogen) atoms. The number of unbranched alkanes of at least 4 members (excludes halogenated alkanes) is 1. The van der Waals surface area contributed by atoms with Gasteiger partial charge in [0.05, 0.1) is 11.5 Å². The van der Waals surface area contributed by atoms with E-state index < -0.39 is 9.05 Å². The molecule has 0 radical (unpaired) electrons. The average Bonchev–Trinajstić information content (AvgIpc) is 2.40. The summed E-state index contributed by atoms with van der Waals surface area (Å²) in [6.07, 6.45) is 2.04. The van der Waals surface area contributed by atoms with E-state index in [0.29, 0.717) is 24.2 Å². The predicted octanol–water partition coefficient (Wildman–Crippen LogP) is 2.92. The number of hydrogen-bond acceptors (Lipinski definition) is 4. The summed E-state index contributed by atoms with van der Waals surface area (Å²) in [5, 5.41) is 2.66. The first-order chi connectivity index (χ1) is 9.84. The second-order valence-corrected chi connectivity index (χ2v) is 7.82. The Morgan fingerprint density at radius 1 is 1.33 bits per heavy atom. The van der Waals surface area contributed by atoms with Crippen LogP contribution >= 0.6 is 26.6 Å². The molecule has 1 N–H and O–H groups in total. The second kappa shape index (κ2) is 8.73. The third kappa shape index (κ3) is 6.78. The third-order valence-electron chi connectivity index (χ3n) is 2.59. The van der Waals surface area contributed by atoms with Crippen LogP contribution in [-0.4, -0.2) is 34.1 Å². The highest BCUT2D eigenvalue weighted by Crippen LogP contribution is 2.22. The molecule has 0 bridgehead atoms. The first-order valence-electron chi connectivity index (χ1n) is 6.45. The lowest BCUT2D eigenvalue weighted by molar-refractivity contribution is 0.0912. The van der Waals surface area contributed by atoms with Crippen molar-refractivity contribution in [3.63, 3.8) is 0 Å². The minimum atomic E-state index is -3.88. The largest absolute Gasteiger partial charge is 0.380 e. The number of carbonyl (C=O) groups is 1. The first-order valence-corrected chi connectivity index (χ1v) is 9.56. The van der Waals surface area contributed by atoms with Gasteiger partial charge in [0.1, 0.15) is 0 Å². The van der Waals surface area contributed by atoms with Crippen LogP contribution in [0, 0.1) is 0 Å². The van der Waals surface area contributed by atoms with Gasteiger partial charge in [-0.05, 0) is 24.6 Å². The lowest BCUT2D eigenvalue weighted by Crippen LogP contribution is -2.27. The van der Waals surface area contributed by atoms with E-state index in [4.69, 9.17) is 15.4 Å². The van der Waals surface area contributed by atoms with Gasteiger partial charge in [-0.3, -0.25) is 4.79 Å². The van der Waals surface area contributed by atoms with Gasteiger partial charge in [-0.1, -0.05) is 29.3 Å². The van der Waals surface area contributed by atoms with Crippen molar-refractivity contribution >= 4 is 41.6 Å². The molecule has 0 saturated carbocycles. The molecule has 0 aliphatic rings. The molecule has 1 amide bonds. The highest BCUT2D eigenvalue weighted by Gasteiger charge is 2.15. The highest BCUT2D eigenvalue weighted by atomic mass is 79.9.